The molecule has 0 atom stereocenters. The molecule has 1 aliphatic rings. The number of furan rings is 2. The zero-order valence-electron chi connectivity index (χ0n) is 17.8. The van der Waals surface area contributed by atoms with Crippen molar-refractivity contribution in [3.8, 4) is 0 Å². The van der Waals surface area contributed by atoms with Crippen LogP contribution in [0.15, 0.2) is 99.1 Å². The number of sulfonamides is 1. The topological polar surface area (TPSA) is 84.0 Å². The van der Waals surface area contributed by atoms with E-state index in [-0.39, 0.29) is 29.5 Å². The lowest BCUT2D eigenvalue weighted by Gasteiger charge is -2.22. The smallest absolute Gasteiger partial charge is 0.264 e. The highest BCUT2D eigenvalue weighted by molar-refractivity contribution is 7.92. The molecule has 0 aliphatic carbocycles. The molecule has 2 aromatic heterocycles. The fourth-order valence-electron chi connectivity index (χ4n) is 4.04. The van der Waals surface area contributed by atoms with Gasteiger partial charge in [0.25, 0.3) is 15.9 Å². The molecule has 2 aromatic carbocycles. The first kappa shape index (κ1) is 21.1. The first-order chi connectivity index (χ1) is 16.0. The third-order valence-electron chi connectivity index (χ3n) is 5.65. The Balaban J connectivity index is 1.45. The lowest BCUT2D eigenvalue weighted by Crippen LogP contribution is -2.31. The number of hydrogen-bond donors (Lipinski definition) is 0. The predicted octanol–water partition coefficient (Wildman–Crippen LogP) is 4.47. The van der Waals surface area contributed by atoms with Crippen molar-refractivity contribution in [2.24, 2.45) is 0 Å². The Morgan fingerprint density at radius 2 is 1.58 bits per heavy atom. The molecule has 0 bridgehead atoms. The van der Waals surface area contributed by atoms with Crippen molar-refractivity contribution in [2.45, 2.75) is 24.4 Å². The first-order valence-corrected chi connectivity index (χ1v) is 12.0. The van der Waals surface area contributed by atoms with E-state index >= 15 is 0 Å². The maximum Gasteiger partial charge on any atom is 0.264 e. The van der Waals surface area contributed by atoms with Gasteiger partial charge in [0, 0.05) is 12.1 Å². The average Bonchev–Trinajstić information content (AvgIpc) is 3.60. The lowest BCUT2D eigenvalue weighted by atomic mass is 10.2. The van der Waals surface area contributed by atoms with Gasteiger partial charge in [-0.05, 0) is 60.5 Å². The molecular formula is C25H22N2O5S. The van der Waals surface area contributed by atoms with E-state index in [4.69, 9.17) is 8.83 Å². The van der Waals surface area contributed by atoms with Crippen LogP contribution in [0, 0.1) is 0 Å². The quantitative estimate of drug-likeness (QED) is 0.405. The maximum absolute atomic E-state index is 13.4. The molecule has 0 unspecified atom stereocenters. The summed E-state index contributed by atoms with van der Waals surface area (Å²) in [6.45, 7) is 0.828. The van der Waals surface area contributed by atoms with Gasteiger partial charge in [0.1, 0.15) is 11.5 Å². The van der Waals surface area contributed by atoms with E-state index in [2.05, 4.69) is 0 Å². The molecule has 168 valence electrons. The number of nitrogens with zero attached hydrogens (tertiary/aromatic N) is 2. The minimum Gasteiger partial charge on any atom is -0.467 e. The van der Waals surface area contributed by atoms with Gasteiger partial charge in [-0.1, -0.05) is 24.3 Å². The van der Waals surface area contributed by atoms with E-state index < -0.39 is 10.0 Å². The summed E-state index contributed by atoms with van der Waals surface area (Å²) in [5.74, 6) is 0.918. The number of rotatable bonds is 7. The van der Waals surface area contributed by atoms with Crippen LogP contribution in [0.2, 0.25) is 0 Å². The highest BCUT2D eigenvalue weighted by Gasteiger charge is 2.31. The normalized spacial score (nSPS) is 13.2. The molecule has 7 nitrogen and oxygen atoms in total. The van der Waals surface area contributed by atoms with Crippen LogP contribution in [0.4, 0.5) is 5.69 Å². The molecule has 33 heavy (non-hydrogen) atoms. The van der Waals surface area contributed by atoms with Crippen LogP contribution in [-0.2, 0) is 29.5 Å². The molecule has 1 amide bonds. The summed E-state index contributed by atoms with van der Waals surface area (Å²) in [6, 6.07) is 20.7. The fraction of sp³-hybridized carbons (Fsp3) is 0.160. The Morgan fingerprint density at radius 3 is 2.24 bits per heavy atom. The van der Waals surface area contributed by atoms with Crippen LogP contribution in [0.5, 0.6) is 0 Å². The SMILES string of the molecule is O=C(c1cccc(S(=O)(=O)N2CCc3ccccc32)c1)N(Cc1ccco1)Cc1ccco1. The molecule has 8 heteroatoms. The van der Waals surface area contributed by atoms with Gasteiger partial charge < -0.3 is 13.7 Å². The van der Waals surface area contributed by atoms with Gasteiger partial charge >= 0.3 is 0 Å². The molecule has 0 radical (unpaired) electrons. The van der Waals surface area contributed by atoms with E-state index in [1.165, 1.54) is 16.4 Å². The summed E-state index contributed by atoms with van der Waals surface area (Å²) in [7, 11) is -3.81. The van der Waals surface area contributed by atoms with Crippen LogP contribution >= 0.6 is 0 Å². The minimum absolute atomic E-state index is 0.0843. The second kappa shape index (κ2) is 8.63. The van der Waals surface area contributed by atoms with Crippen molar-refractivity contribution in [1.29, 1.82) is 0 Å². The number of para-hydroxylation sites is 1. The predicted molar refractivity (Wildman–Crippen MR) is 122 cm³/mol. The molecule has 0 N–H and O–H groups in total. The largest absolute Gasteiger partial charge is 0.467 e. The number of amides is 1. The summed E-state index contributed by atoms with van der Waals surface area (Å²) in [6.07, 6.45) is 3.76. The van der Waals surface area contributed by atoms with Crippen molar-refractivity contribution < 1.29 is 22.0 Å². The summed E-state index contributed by atoms with van der Waals surface area (Å²) in [5.41, 5.74) is 1.96. The van der Waals surface area contributed by atoms with Gasteiger partial charge in [-0.15, -0.1) is 0 Å². The van der Waals surface area contributed by atoms with Gasteiger partial charge in [0.05, 0.1) is 36.2 Å². The second-order valence-electron chi connectivity index (χ2n) is 7.80. The van der Waals surface area contributed by atoms with Crippen LogP contribution in [0.1, 0.15) is 27.4 Å². The number of carbonyl (C=O) groups is 1. The van der Waals surface area contributed by atoms with Crippen LogP contribution in [0.25, 0.3) is 0 Å². The second-order valence-corrected chi connectivity index (χ2v) is 9.67. The molecule has 0 saturated carbocycles. The summed E-state index contributed by atoms with van der Waals surface area (Å²) >= 11 is 0. The molecule has 3 heterocycles. The van der Waals surface area contributed by atoms with E-state index in [0.29, 0.717) is 30.2 Å². The summed E-state index contributed by atoms with van der Waals surface area (Å²) < 4.78 is 39.1. The Labute approximate surface area is 191 Å². The molecular weight excluding hydrogens is 440 g/mol. The fourth-order valence-corrected chi connectivity index (χ4v) is 5.59. The Kier molecular flexibility index (Phi) is 5.51. The maximum atomic E-state index is 13.4. The average molecular weight is 463 g/mol. The molecule has 0 saturated heterocycles. The monoisotopic (exact) mass is 462 g/mol. The van der Waals surface area contributed by atoms with Crippen LogP contribution < -0.4 is 4.31 Å². The van der Waals surface area contributed by atoms with E-state index in [1.807, 2.05) is 24.3 Å². The lowest BCUT2D eigenvalue weighted by molar-refractivity contribution is 0.0704. The van der Waals surface area contributed by atoms with Crippen LogP contribution in [0.3, 0.4) is 0 Å². The number of fused-ring (bicyclic) bond motifs is 1. The van der Waals surface area contributed by atoms with Gasteiger partial charge in [0.2, 0.25) is 0 Å². The van der Waals surface area contributed by atoms with Gasteiger partial charge in [0.15, 0.2) is 0 Å². The highest BCUT2D eigenvalue weighted by atomic mass is 32.2. The van der Waals surface area contributed by atoms with Crippen molar-refractivity contribution >= 4 is 21.6 Å². The molecule has 0 spiro atoms. The molecule has 5 rings (SSSR count). The molecule has 0 fully saturated rings. The zero-order valence-corrected chi connectivity index (χ0v) is 18.6. The Bertz CT molecular complexity index is 1330. The van der Waals surface area contributed by atoms with Gasteiger partial charge in [-0.2, -0.15) is 0 Å². The van der Waals surface area contributed by atoms with Crippen molar-refractivity contribution in [2.75, 3.05) is 10.8 Å². The number of benzene rings is 2. The van der Waals surface area contributed by atoms with Gasteiger partial charge in [-0.25, -0.2) is 8.42 Å². The molecule has 4 aromatic rings. The summed E-state index contributed by atoms with van der Waals surface area (Å²) in [5, 5.41) is 0. The van der Waals surface area contributed by atoms with Crippen molar-refractivity contribution in [1.82, 2.24) is 4.90 Å². The first-order valence-electron chi connectivity index (χ1n) is 10.6. The van der Waals surface area contributed by atoms with E-state index in [1.54, 1.807) is 53.8 Å². The van der Waals surface area contributed by atoms with Gasteiger partial charge in [-0.3, -0.25) is 9.10 Å². The number of carbonyl (C=O) groups excluding carboxylic acids is 1. The van der Waals surface area contributed by atoms with E-state index in [0.717, 1.165) is 5.56 Å². The van der Waals surface area contributed by atoms with Crippen molar-refractivity contribution in [3.63, 3.8) is 0 Å². The zero-order chi connectivity index (χ0) is 22.8. The Hall–Kier alpha value is -3.78. The minimum atomic E-state index is -3.81. The number of hydrogen-bond acceptors (Lipinski definition) is 5. The highest BCUT2D eigenvalue weighted by Crippen LogP contribution is 2.33. The third-order valence-corrected chi connectivity index (χ3v) is 7.46. The number of anilines is 1. The standard InChI is InChI=1S/C25H22N2O5S/c28-25(26(17-21-8-4-14-31-21)18-22-9-5-15-32-22)20-7-3-10-23(16-20)33(29,30)27-13-12-19-6-1-2-11-24(19)27/h1-11,14-16H,12-13,17-18H2. The Morgan fingerprint density at radius 1 is 0.879 bits per heavy atom. The summed E-state index contributed by atoms with van der Waals surface area (Å²) in [4.78, 5) is 15.1. The van der Waals surface area contributed by atoms with Crippen molar-refractivity contribution in [3.05, 3.63) is 108 Å². The van der Waals surface area contributed by atoms with E-state index in [9.17, 15) is 13.2 Å². The van der Waals surface area contributed by atoms with Crippen LogP contribution in [-0.4, -0.2) is 25.8 Å². The molecule has 1 aliphatic heterocycles. The third kappa shape index (κ3) is 4.17.